The number of likely N-dealkylation sites (tertiary alicyclic amines) is 1. The summed E-state index contributed by atoms with van der Waals surface area (Å²) in [5, 5.41) is 0. The summed E-state index contributed by atoms with van der Waals surface area (Å²) in [5.74, 6) is 1.37. The van der Waals surface area contributed by atoms with Crippen LogP contribution in [0.1, 0.15) is 47.2 Å². The zero-order valence-corrected chi connectivity index (χ0v) is 17.6. The molecule has 2 aliphatic heterocycles. The Labute approximate surface area is 181 Å². The van der Waals surface area contributed by atoms with Gasteiger partial charge in [-0.05, 0) is 73.7 Å². The minimum Gasteiger partial charge on any atom is -0.423 e. The lowest BCUT2D eigenvalue weighted by molar-refractivity contribution is -0.0838. The molecular weight excluding hydrogens is 392 g/mol. The molecule has 1 aromatic carbocycles. The maximum atomic E-state index is 12.6. The number of pyridine rings is 1. The lowest BCUT2D eigenvalue weighted by Crippen LogP contribution is -2.63. The number of benzene rings is 1. The van der Waals surface area contributed by atoms with E-state index in [4.69, 9.17) is 9.47 Å². The Morgan fingerprint density at radius 2 is 2.16 bits per heavy atom. The van der Waals surface area contributed by atoms with Crippen molar-refractivity contribution in [1.29, 1.82) is 0 Å². The second-order valence-electron chi connectivity index (χ2n) is 9.69. The quantitative estimate of drug-likeness (QED) is 0.608. The van der Waals surface area contributed by atoms with Crippen molar-refractivity contribution in [2.75, 3.05) is 26.3 Å². The number of hydrogen-bond donors (Lipinski definition) is 1. The molecule has 2 bridgehead atoms. The number of piperidine rings is 1. The average Bonchev–Trinajstić information content (AvgIpc) is 3.60. The van der Waals surface area contributed by atoms with Crippen molar-refractivity contribution < 1.29 is 14.3 Å². The van der Waals surface area contributed by atoms with Crippen LogP contribution in [0, 0.1) is 11.8 Å². The number of esters is 1. The predicted molar refractivity (Wildman–Crippen MR) is 115 cm³/mol. The van der Waals surface area contributed by atoms with Crippen LogP contribution >= 0.6 is 0 Å². The topological polar surface area (TPSA) is 71.6 Å². The standard InChI is InChI=1S/C25H28N2O4/c28-23-5-8-26-13-19(23)24(29)31-18-4-3-17-11-22-20-6-10-30-15-25(20,21(17)12-18)7-9-27(22)14-16-1-2-16/h3-5,8,12-13,16,20,22H,1-2,6-7,9-11,14-15H2,(H,26,28)/t20-,22+,25-/m0/s1. The van der Waals surface area contributed by atoms with Gasteiger partial charge in [-0.25, -0.2) is 4.79 Å². The van der Waals surface area contributed by atoms with Gasteiger partial charge in [0.1, 0.15) is 11.3 Å². The first-order valence-electron chi connectivity index (χ1n) is 11.5. The molecule has 3 fully saturated rings. The van der Waals surface area contributed by atoms with E-state index in [1.807, 2.05) is 12.1 Å². The Balaban J connectivity index is 1.33. The molecule has 0 unspecified atom stereocenters. The number of nitrogens with one attached hydrogen (secondary N) is 1. The fraction of sp³-hybridized carbons (Fsp3) is 0.520. The molecular formula is C25H28N2O4. The summed E-state index contributed by atoms with van der Waals surface area (Å²) >= 11 is 0. The van der Waals surface area contributed by atoms with Crippen molar-refractivity contribution in [3.8, 4) is 5.75 Å². The second-order valence-corrected chi connectivity index (χ2v) is 9.69. The number of aromatic nitrogens is 1. The van der Waals surface area contributed by atoms with Crippen LogP contribution in [0.2, 0.25) is 0 Å². The molecule has 6 nitrogen and oxygen atoms in total. The van der Waals surface area contributed by atoms with Crippen molar-refractivity contribution >= 4 is 5.97 Å². The molecule has 1 saturated carbocycles. The van der Waals surface area contributed by atoms with Gasteiger partial charge in [-0.15, -0.1) is 0 Å². The normalized spacial score (nSPS) is 29.7. The van der Waals surface area contributed by atoms with Crippen LogP contribution < -0.4 is 10.2 Å². The van der Waals surface area contributed by atoms with E-state index in [1.54, 1.807) is 0 Å². The number of hydrogen-bond acceptors (Lipinski definition) is 5. The van der Waals surface area contributed by atoms with Gasteiger partial charge in [0.25, 0.3) is 0 Å². The van der Waals surface area contributed by atoms with Gasteiger partial charge in [0, 0.05) is 43.1 Å². The van der Waals surface area contributed by atoms with E-state index < -0.39 is 5.97 Å². The van der Waals surface area contributed by atoms with Gasteiger partial charge in [-0.2, -0.15) is 0 Å². The lowest BCUT2D eigenvalue weighted by Gasteiger charge is -2.58. The molecule has 6 heteroatoms. The summed E-state index contributed by atoms with van der Waals surface area (Å²) in [6.45, 7) is 3.94. The number of carbonyl (C=O) groups excluding carboxylic acids is 1. The predicted octanol–water partition coefficient (Wildman–Crippen LogP) is 2.91. The van der Waals surface area contributed by atoms with Crippen molar-refractivity contribution in [3.05, 3.63) is 63.6 Å². The summed E-state index contributed by atoms with van der Waals surface area (Å²) in [4.78, 5) is 30.1. The van der Waals surface area contributed by atoms with E-state index in [2.05, 4.69) is 16.0 Å². The summed E-state index contributed by atoms with van der Waals surface area (Å²) < 4.78 is 11.7. The van der Waals surface area contributed by atoms with Crippen LogP contribution in [0.4, 0.5) is 0 Å². The fourth-order valence-electron chi connectivity index (χ4n) is 6.20. The van der Waals surface area contributed by atoms with E-state index in [0.29, 0.717) is 17.7 Å². The third-order valence-electron chi connectivity index (χ3n) is 7.91. The zero-order chi connectivity index (χ0) is 21.0. The molecule has 3 heterocycles. The first-order chi connectivity index (χ1) is 15.1. The zero-order valence-electron chi connectivity index (χ0n) is 17.6. The molecule has 1 N–H and O–H groups in total. The smallest absolute Gasteiger partial charge is 0.349 e. The highest BCUT2D eigenvalue weighted by atomic mass is 16.5. The van der Waals surface area contributed by atoms with Crippen LogP contribution in [0.25, 0.3) is 0 Å². The molecule has 162 valence electrons. The fourth-order valence-corrected chi connectivity index (χ4v) is 6.20. The molecule has 4 aliphatic rings. The number of carbonyl (C=O) groups is 1. The molecule has 3 atom stereocenters. The number of aromatic amines is 1. The number of H-pyrrole nitrogens is 1. The van der Waals surface area contributed by atoms with E-state index in [1.165, 1.54) is 49.0 Å². The molecule has 0 amide bonds. The minimum absolute atomic E-state index is 0.00316. The Kier molecular flexibility index (Phi) is 4.54. The van der Waals surface area contributed by atoms with Crippen molar-refractivity contribution in [3.63, 3.8) is 0 Å². The molecule has 2 aliphatic carbocycles. The second kappa shape index (κ2) is 7.31. The lowest BCUT2D eigenvalue weighted by atomic mass is 9.56. The van der Waals surface area contributed by atoms with E-state index >= 15 is 0 Å². The molecule has 1 aromatic heterocycles. The van der Waals surface area contributed by atoms with Gasteiger partial charge in [-0.3, -0.25) is 9.69 Å². The summed E-state index contributed by atoms with van der Waals surface area (Å²) in [6.07, 6.45) is 8.91. The number of rotatable bonds is 4. The minimum atomic E-state index is -0.622. The van der Waals surface area contributed by atoms with E-state index in [9.17, 15) is 9.59 Å². The van der Waals surface area contributed by atoms with Crippen molar-refractivity contribution in [2.24, 2.45) is 11.8 Å². The molecule has 0 radical (unpaired) electrons. The van der Waals surface area contributed by atoms with Crippen LogP contribution in [0.3, 0.4) is 0 Å². The monoisotopic (exact) mass is 420 g/mol. The molecule has 31 heavy (non-hydrogen) atoms. The van der Waals surface area contributed by atoms with Gasteiger partial charge in [0.2, 0.25) is 0 Å². The van der Waals surface area contributed by atoms with Gasteiger partial charge in [-0.1, -0.05) is 6.07 Å². The van der Waals surface area contributed by atoms with Crippen LogP contribution in [-0.2, 0) is 16.6 Å². The molecule has 6 rings (SSSR count). The Morgan fingerprint density at radius 1 is 1.26 bits per heavy atom. The largest absolute Gasteiger partial charge is 0.423 e. The first-order valence-corrected chi connectivity index (χ1v) is 11.5. The summed E-state index contributed by atoms with van der Waals surface area (Å²) in [5.41, 5.74) is 2.32. The summed E-state index contributed by atoms with van der Waals surface area (Å²) in [7, 11) is 0. The van der Waals surface area contributed by atoms with Crippen molar-refractivity contribution in [2.45, 2.75) is 43.6 Å². The van der Waals surface area contributed by atoms with Crippen LogP contribution in [0.15, 0.2) is 41.5 Å². The Morgan fingerprint density at radius 3 is 3.00 bits per heavy atom. The van der Waals surface area contributed by atoms with Crippen molar-refractivity contribution in [1.82, 2.24) is 9.88 Å². The Bertz CT molecular complexity index is 1080. The molecule has 2 saturated heterocycles. The van der Waals surface area contributed by atoms with Gasteiger partial charge < -0.3 is 14.5 Å². The van der Waals surface area contributed by atoms with E-state index in [0.717, 1.165) is 44.9 Å². The molecule has 0 spiro atoms. The van der Waals surface area contributed by atoms with Crippen LogP contribution in [-0.4, -0.2) is 48.2 Å². The molecule has 2 aromatic rings. The Hall–Kier alpha value is -2.44. The maximum Gasteiger partial charge on any atom is 0.349 e. The third kappa shape index (κ3) is 3.24. The van der Waals surface area contributed by atoms with Gasteiger partial charge in [0.15, 0.2) is 5.43 Å². The highest BCUT2D eigenvalue weighted by molar-refractivity contribution is 5.90. The number of ether oxygens (including phenoxy) is 2. The first kappa shape index (κ1) is 19.3. The highest BCUT2D eigenvalue weighted by Gasteiger charge is 2.55. The maximum absolute atomic E-state index is 12.6. The number of nitrogens with zero attached hydrogens (tertiary/aromatic N) is 1. The highest BCUT2D eigenvalue weighted by Crippen LogP contribution is 2.53. The average molecular weight is 421 g/mol. The number of fused-ring (bicyclic) bond motifs is 1. The van der Waals surface area contributed by atoms with Gasteiger partial charge in [0.05, 0.1) is 6.61 Å². The van der Waals surface area contributed by atoms with Gasteiger partial charge >= 0.3 is 5.97 Å². The van der Waals surface area contributed by atoms with Crippen LogP contribution in [0.5, 0.6) is 5.75 Å². The third-order valence-corrected chi connectivity index (χ3v) is 7.91. The van der Waals surface area contributed by atoms with E-state index in [-0.39, 0.29) is 16.4 Å². The summed E-state index contributed by atoms with van der Waals surface area (Å²) in [6, 6.07) is 7.95. The SMILES string of the molecule is O=C(Oc1ccc2c(c1)[C@]13CCN(CC4CC4)[C@H](C2)[C@@H]1CCOC3)c1c[nH]ccc1=O.